The van der Waals surface area contributed by atoms with Crippen LogP contribution in [0.1, 0.15) is 16.8 Å². The zero-order valence-electron chi connectivity index (χ0n) is 14.2. The molecule has 2 heterocycles. The summed E-state index contributed by atoms with van der Waals surface area (Å²) < 4.78 is 0. The Balaban J connectivity index is 1.67. The highest BCUT2D eigenvalue weighted by Crippen LogP contribution is 2.34. The molecular formula is C22H20N2S. The van der Waals surface area contributed by atoms with Crippen molar-refractivity contribution in [3.05, 3.63) is 89.7 Å². The van der Waals surface area contributed by atoms with Gasteiger partial charge in [0.1, 0.15) is 5.65 Å². The molecule has 3 heteroatoms. The predicted molar refractivity (Wildman–Crippen MR) is 108 cm³/mol. The van der Waals surface area contributed by atoms with Crippen molar-refractivity contribution < 1.29 is 0 Å². The summed E-state index contributed by atoms with van der Waals surface area (Å²) in [6.45, 7) is 2.14. The van der Waals surface area contributed by atoms with E-state index in [1.807, 2.05) is 24.0 Å². The molecule has 0 unspecified atom stereocenters. The Labute approximate surface area is 152 Å². The summed E-state index contributed by atoms with van der Waals surface area (Å²) in [5, 5.41) is 1.20. The zero-order valence-corrected chi connectivity index (χ0v) is 15.0. The maximum Gasteiger partial charge on any atom is 0.138 e. The van der Waals surface area contributed by atoms with Gasteiger partial charge >= 0.3 is 0 Å². The van der Waals surface area contributed by atoms with Gasteiger partial charge in [0.15, 0.2) is 0 Å². The van der Waals surface area contributed by atoms with E-state index in [4.69, 9.17) is 0 Å². The van der Waals surface area contributed by atoms with Crippen molar-refractivity contribution in [2.45, 2.75) is 18.4 Å². The molecule has 2 nitrogen and oxygen atoms in total. The van der Waals surface area contributed by atoms with Gasteiger partial charge in [-0.2, -0.15) is 11.8 Å². The molecule has 1 N–H and O–H groups in total. The number of aryl methyl sites for hydroxylation is 1. The number of aromatic nitrogens is 2. The molecule has 0 aliphatic heterocycles. The predicted octanol–water partition coefficient (Wildman–Crippen LogP) is 5.97. The zero-order chi connectivity index (χ0) is 17.1. The fourth-order valence-electron chi connectivity index (χ4n) is 3.16. The van der Waals surface area contributed by atoms with Gasteiger partial charge in [-0.15, -0.1) is 0 Å². The second-order valence-corrected chi connectivity index (χ2v) is 7.21. The molecule has 0 saturated heterocycles. The molecule has 2 aromatic carbocycles. The number of fused-ring (bicyclic) bond motifs is 1. The van der Waals surface area contributed by atoms with Crippen LogP contribution in [-0.2, 0) is 11.5 Å². The van der Waals surface area contributed by atoms with Crippen LogP contribution in [0.15, 0.2) is 72.9 Å². The van der Waals surface area contributed by atoms with Crippen LogP contribution in [0, 0.1) is 6.92 Å². The van der Waals surface area contributed by atoms with Gasteiger partial charge in [0.05, 0.1) is 0 Å². The highest BCUT2D eigenvalue weighted by atomic mass is 32.2. The Morgan fingerprint density at radius 1 is 0.920 bits per heavy atom. The number of nitrogens with zero attached hydrogens (tertiary/aromatic N) is 1. The third kappa shape index (κ3) is 3.47. The number of thioether (sulfide) groups is 1. The van der Waals surface area contributed by atoms with Gasteiger partial charge in [-0.25, -0.2) is 4.98 Å². The maximum atomic E-state index is 4.51. The molecule has 0 atom stereocenters. The van der Waals surface area contributed by atoms with E-state index in [9.17, 15) is 0 Å². The summed E-state index contributed by atoms with van der Waals surface area (Å²) in [7, 11) is 0. The van der Waals surface area contributed by atoms with Crippen molar-refractivity contribution in [2.75, 3.05) is 0 Å². The van der Waals surface area contributed by atoms with Crippen molar-refractivity contribution in [1.82, 2.24) is 9.97 Å². The Morgan fingerprint density at radius 2 is 1.80 bits per heavy atom. The average Bonchev–Trinajstić information content (AvgIpc) is 3.01. The minimum Gasteiger partial charge on any atom is -0.342 e. The van der Waals surface area contributed by atoms with E-state index in [0.29, 0.717) is 0 Å². The number of benzene rings is 2. The Hall–Kier alpha value is -2.52. The van der Waals surface area contributed by atoms with Gasteiger partial charge in [-0.1, -0.05) is 60.2 Å². The van der Waals surface area contributed by atoms with Crippen molar-refractivity contribution in [3.8, 4) is 11.1 Å². The summed E-state index contributed by atoms with van der Waals surface area (Å²) in [4.78, 5) is 8.05. The second kappa shape index (κ2) is 7.16. The monoisotopic (exact) mass is 344 g/mol. The van der Waals surface area contributed by atoms with Gasteiger partial charge in [-0.05, 0) is 30.2 Å². The second-order valence-electron chi connectivity index (χ2n) is 6.23. The molecule has 0 aliphatic rings. The first kappa shape index (κ1) is 16.0. The number of aromatic amines is 1. The average molecular weight is 344 g/mol. The van der Waals surface area contributed by atoms with E-state index in [0.717, 1.165) is 17.2 Å². The molecule has 0 aliphatic carbocycles. The standard InChI is InChI=1S/C22H20N2S/c1-16-7-5-10-18(13-16)21-19-11-6-12-23-22(19)24-20(21)15-25-14-17-8-3-2-4-9-17/h2-13H,14-15H2,1H3,(H,23,24). The van der Waals surface area contributed by atoms with E-state index in [2.05, 4.69) is 77.6 Å². The molecule has 0 radical (unpaired) electrons. The fraction of sp³-hybridized carbons (Fsp3) is 0.136. The molecule has 4 rings (SSSR count). The molecule has 2 aromatic heterocycles. The third-order valence-electron chi connectivity index (χ3n) is 4.31. The van der Waals surface area contributed by atoms with Crippen molar-refractivity contribution in [3.63, 3.8) is 0 Å². The highest BCUT2D eigenvalue weighted by Gasteiger charge is 2.14. The summed E-state index contributed by atoms with van der Waals surface area (Å²) in [6.07, 6.45) is 1.85. The first-order valence-corrected chi connectivity index (χ1v) is 9.61. The Bertz CT molecular complexity index is 989. The summed E-state index contributed by atoms with van der Waals surface area (Å²) in [5.74, 6) is 1.95. The molecule has 0 bridgehead atoms. The molecule has 0 fully saturated rings. The molecule has 25 heavy (non-hydrogen) atoms. The van der Waals surface area contributed by atoms with Crippen LogP contribution in [0.2, 0.25) is 0 Å². The van der Waals surface area contributed by atoms with Crippen molar-refractivity contribution in [1.29, 1.82) is 0 Å². The minimum atomic E-state index is 0.939. The summed E-state index contributed by atoms with van der Waals surface area (Å²) in [5.41, 5.74) is 7.40. The Kier molecular flexibility index (Phi) is 4.57. The number of rotatable bonds is 5. The Morgan fingerprint density at radius 3 is 2.64 bits per heavy atom. The van der Waals surface area contributed by atoms with Crippen LogP contribution >= 0.6 is 11.8 Å². The van der Waals surface area contributed by atoms with E-state index in [-0.39, 0.29) is 0 Å². The molecule has 0 saturated carbocycles. The van der Waals surface area contributed by atoms with Gasteiger partial charge in [0.2, 0.25) is 0 Å². The lowest BCUT2D eigenvalue weighted by molar-refractivity contribution is 1.22. The van der Waals surface area contributed by atoms with Gasteiger partial charge in [0.25, 0.3) is 0 Å². The van der Waals surface area contributed by atoms with E-state index >= 15 is 0 Å². The SMILES string of the molecule is Cc1cccc(-c2c(CSCc3ccccc3)[nH]c3ncccc23)c1. The maximum absolute atomic E-state index is 4.51. The van der Waals surface area contributed by atoms with Crippen LogP contribution < -0.4 is 0 Å². The molecule has 0 amide bonds. The minimum absolute atomic E-state index is 0.939. The van der Waals surface area contributed by atoms with Gasteiger partial charge in [-0.3, -0.25) is 0 Å². The molecule has 124 valence electrons. The molecular weight excluding hydrogens is 324 g/mol. The van der Waals surface area contributed by atoms with Crippen LogP contribution in [0.3, 0.4) is 0 Å². The lowest BCUT2D eigenvalue weighted by atomic mass is 10.0. The van der Waals surface area contributed by atoms with Crippen LogP contribution in [-0.4, -0.2) is 9.97 Å². The summed E-state index contributed by atoms with van der Waals surface area (Å²) >= 11 is 1.93. The van der Waals surface area contributed by atoms with E-state index < -0.39 is 0 Å². The van der Waals surface area contributed by atoms with Gasteiger partial charge in [0, 0.05) is 34.3 Å². The van der Waals surface area contributed by atoms with E-state index in [1.54, 1.807) is 0 Å². The smallest absolute Gasteiger partial charge is 0.138 e. The van der Waals surface area contributed by atoms with Gasteiger partial charge < -0.3 is 4.98 Å². The van der Waals surface area contributed by atoms with Crippen molar-refractivity contribution in [2.24, 2.45) is 0 Å². The number of pyridine rings is 1. The largest absolute Gasteiger partial charge is 0.342 e. The number of hydrogen-bond donors (Lipinski definition) is 1. The van der Waals surface area contributed by atoms with Crippen LogP contribution in [0.4, 0.5) is 0 Å². The first-order chi connectivity index (χ1) is 12.3. The molecule has 4 aromatic rings. The summed E-state index contributed by atoms with van der Waals surface area (Å²) in [6, 6.07) is 23.5. The highest BCUT2D eigenvalue weighted by molar-refractivity contribution is 7.97. The third-order valence-corrected chi connectivity index (χ3v) is 5.34. The first-order valence-electron chi connectivity index (χ1n) is 8.45. The topological polar surface area (TPSA) is 28.7 Å². The number of hydrogen-bond acceptors (Lipinski definition) is 2. The fourth-order valence-corrected chi connectivity index (χ4v) is 4.11. The molecule has 0 spiro atoms. The lowest BCUT2D eigenvalue weighted by Gasteiger charge is -2.07. The van der Waals surface area contributed by atoms with E-state index in [1.165, 1.54) is 33.3 Å². The lowest BCUT2D eigenvalue weighted by Crippen LogP contribution is -1.88. The normalized spacial score (nSPS) is 11.1. The quantitative estimate of drug-likeness (QED) is 0.483. The van der Waals surface area contributed by atoms with Crippen LogP contribution in [0.5, 0.6) is 0 Å². The number of nitrogens with one attached hydrogen (secondary N) is 1. The van der Waals surface area contributed by atoms with Crippen LogP contribution in [0.25, 0.3) is 22.2 Å². The van der Waals surface area contributed by atoms with Crippen molar-refractivity contribution >= 4 is 22.8 Å². The number of H-pyrrole nitrogens is 1.